The fourth-order valence-corrected chi connectivity index (χ4v) is 3.45. The van der Waals surface area contributed by atoms with Gasteiger partial charge >= 0.3 is 0 Å². The van der Waals surface area contributed by atoms with Crippen molar-refractivity contribution in [3.05, 3.63) is 82.3 Å². The molecule has 2 heterocycles. The fourth-order valence-electron chi connectivity index (χ4n) is 2.66. The number of aromatic nitrogens is 3. The Balaban J connectivity index is 1.47. The molecule has 0 saturated carbocycles. The highest BCUT2D eigenvalue weighted by Gasteiger charge is 2.09. The van der Waals surface area contributed by atoms with E-state index in [9.17, 15) is 5.26 Å². The third kappa shape index (κ3) is 4.57. The molecule has 0 bridgehead atoms. The van der Waals surface area contributed by atoms with Crippen LogP contribution >= 0.6 is 11.3 Å². The monoisotopic (exact) mass is 400 g/mol. The molecule has 0 unspecified atom stereocenters. The highest BCUT2D eigenvalue weighted by molar-refractivity contribution is 7.11. The van der Waals surface area contributed by atoms with Gasteiger partial charge < -0.3 is 9.26 Å². The van der Waals surface area contributed by atoms with Crippen molar-refractivity contribution >= 4 is 23.0 Å². The van der Waals surface area contributed by atoms with Crippen molar-refractivity contribution in [1.82, 2.24) is 15.1 Å². The smallest absolute Gasteiger partial charge is 0.223 e. The van der Waals surface area contributed by atoms with E-state index in [0.29, 0.717) is 28.0 Å². The van der Waals surface area contributed by atoms with Gasteiger partial charge in [0.2, 0.25) is 11.7 Å². The maximum absolute atomic E-state index is 9.59. The second-order valence-electron chi connectivity index (χ2n) is 6.16. The molecule has 6 nitrogen and oxygen atoms in total. The van der Waals surface area contributed by atoms with Crippen LogP contribution in [0.3, 0.4) is 0 Å². The van der Waals surface area contributed by atoms with Crippen molar-refractivity contribution in [2.24, 2.45) is 0 Å². The standard InChI is InChI=1S/C22H16N4O2S/c1-15-24-21(26-28-15)13-27-19-9-7-16(8-10-19)11-18(12-23)22-25-20(14-29-22)17-5-3-2-4-6-17/h2-11,14H,13H2,1H3/b18-11-. The van der Waals surface area contributed by atoms with Gasteiger partial charge in [0.25, 0.3) is 0 Å². The van der Waals surface area contributed by atoms with E-state index in [1.807, 2.05) is 66.1 Å². The Morgan fingerprint density at radius 3 is 2.62 bits per heavy atom. The number of hydrogen-bond acceptors (Lipinski definition) is 7. The number of allylic oxidation sites excluding steroid dienone is 1. The normalized spacial score (nSPS) is 11.2. The zero-order valence-corrected chi connectivity index (χ0v) is 16.4. The van der Waals surface area contributed by atoms with Gasteiger partial charge in [-0.1, -0.05) is 47.6 Å². The van der Waals surface area contributed by atoms with E-state index >= 15 is 0 Å². The number of nitriles is 1. The lowest BCUT2D eigenvalue weighted by atomic mass is 10.1. The average Bonchev–Trinajstić information content (AvgIpc) is 3.41. The van der Waals surface area contributed by atoms with Gasteiger partial charge in [-0.3, -0.25) is 0 Å². The van der Waals surface area contributed by atoms with E-state index in [1.165, 1.54) is 11.3 Å². The summed E-state index contributed by atoms with van der Waals surface area (Å²) >= 11 is 1.46. The first kappa shape index (κ1) is 18.6. The lowest BCUT2D eigenvalue weighted by Crippen LogP contribution is -1.97. The molecule has 0 spiro atoms. The van der Waals surface area contributed by atoms with Crippen molar-refractivity contribution in [3.63, 3.8) is 0 Å². The molecule has 142 valence electrons. The maximum Gasteiger partial charge on any atom is 0.223 e. The number of hydrogen-bond donors (Lipinski definition) is 0. The van der Waals surface area contributed by atoms with Crippen LogP contribution in [0.15, 0.2) is 64.5 Å². The molecule has 2 aromatic heterocycles. The third-order valence-corrected chi connectivity index (χ3v) is 4.93. The Kier molecular flexibility index (Phi) is 5.45. The number of rotatable bonds is 6. The molecule has 0 atom stereocenters. The van der Waals surface area contributed by atoms with Gasteiger partial charge in [-0.15, -0.1) is 11.3 Å². The molecular formula is C22H16N4O2S. The van der Waals surface area contributed by atoms with Crippen molar-refractivity contribution < 1.29 is 9.26 Å². The summed E-state index contributed by atoms with van der Waals surface area (Å²) in [5.41, 5.74) is 3.31. The fraction of sp³-hybridized carbons (Fsp3) is 0.0909. The Hall–Kier alpha value is -3.76. The molecule has 0 aliphatic rings. The molecule has 0 aliphatic carbocycles. The van der Waals surface area contributed by atoms with Crippen molar-refractivity contribution in [2.75, 3.05) is 0 Å². The molecule has 4 rings (SSSR count). The van der Waals surface area contributed by atoms with Crippen LogP contribution in [0.25, 0.3) is 22.9 Å². The van der Waals surface area contributed by atoms with Gasteiger partial charge in [-0.25, -0.2) is 4.98 Å². The third-order valence-electron chi connectivity index (χ3n) is 4.05. The second kappa shape index (κ2) is 8.50. The first-order valence-corrected chi connectivity index (χ1v) is 9.74. The number of thiazole rings is 1. The van der Waals surface area contributed by atoms with Crippen molar-refractivity contribution in [1.29, 1.82) is 5.26 Å². The van der Waals surface area contributed by atoms with Crippen LogP contribution in [0.2, 0.25) is 0 Å². The summed E-state index contributed by atoms with van der Waals surface area (Å²) in [5.74, 6) is 1.69. The molecular weight excluding hydrogens is 384 g/mol. The van der Waals surface area contributed by atoms with E-state index in [2.05, 4.69) is 21.2 Å². The largest absolute Gasteiger partial charge is 0.485 e. The van der Waals surface area contributed by atoms with E-state index in [0.717, 1.165) is 16.8 Å². The molecule has 0 aliphatic heterocycles. The Labute approximate surface area is 171 Å². The lowest BCUT2D eigenvalue weighted by molar-refractivity contribution is 0.285. The van der Waals surface area contributed by atoms with Gasteiger partial charge in [-0.05, 0) is 23.8 Å². The van der Waals surface area contributed by atoms with Crippen molar-refractivity contribution in [3.8, 4) is 23.1 Å². The van der Waals surface area contributed by atoms with E-state index < -0.39 is 0 Å². The molecule has 0 amide bonds. The summed E-state index contributed by atoms with van der Waals surface area (Å²) in [4.78, 5) is 8.71. The lowest BCUT2D eigenvalue weighted by Gasteiger charge is -2.03. The number of nitrogens with zero attached hydrogens (tertiary/aromatic N) is 4. The topological polar surface area (TPSA) is 84.8 Å². The highest BCUT2D eigenvalue weighted by atomic mass is 32.1. The minimum absolute atomic E-state index is 0.233. The zero-order valence-electron chi connectivity index (χ0n) is 15.6. The Morgan fingerprint density at radius 2 is 1.93 bits per heavy atom. The number of benzene rings is 2. The van der Waals surface area contributed by atoms with Crippen LogP contribution in [0.4, 0.5) is 0 Å². The summed E-state index contributed by atoms with van der Waals surface area (Å²) < 4.78 is 10.6. The molecule has 29 heavy (non-hydrogen) atoms. The van der Waals surface area contributed by atoms with Gasteiger partial charge in [0.1, 0.15) is 16.8 Å². The van der Waals surface area contributed by atoms with Crippen LogP contribution in [0, 0.1) is 18.3 Å². The summed E-state index contributed by atoms with van der Waals surface area (Å²) in [7, 11) is 0. The first-order valence-electron chi connectivity index (χ1n) is 8.86. The number of ether oxygens (including phenoxy) is 1. The van der Waals surface area contributed by atoms with Gasteiger partial charge in [-0.2, -0.15) is 10.2 Å². The molecule has 4 aromatic rings. The van der Waals surface area contributed by atoms with Gasteiger partial charge in [0.15, 0.2) is 6.61 Å². The van der Waals surface area contributed by atoms with E-state index in [4.69, 9.17) is 9.26 Å². The van der Waals surface area contributed by atoms with Crippen LogP contribution in [0.1, 0.15) is 22.3 Å². The second-order valence-corrected chi connectivity index (χ2v) is 7.02. The summed E-state index contributed by atoms with van der Waals surface area (Å²) in [6, 6.07) is 19.6. The maximum atomic E-state index is 9.59. The van der Waals surface area contributed by atoms with Crippen LogP contribution in [-0.2, 0) is 6.61 Å². The predicted octanol–water partition coefficient (Wildman–Crippen LogP) is 5.14. The minimum atomic E-state index is 0.233. The quantitative estimate of drug-likeness (QED) is 0.416. The van der Waals surface area contributed by atoms with Gasteiger partial charge in [0.05, 0.1) is 11.3 Å². The molecule has 2 aromatic carbocycles. The van der Waals surface area contributed by atoms with Gasteiger partial charge in [0, 0.05) is 17.9 Å². The molecule has 0 N–H and O–H groups in total. The number of aryl methyl sites for hydroxylation is 1. The molecule has 0 saturated heterocycles. The van der Waals surface area contributed by atoms with Crippen LogP contribution < -0.4 is 4.74 Å². The summed E-state index contributed by atoms with van der Waals surface area (Å²) in [6.07, 6.45) is 1.82. The van der Waals surface area contributed by atoms with Crippen LogP contribution in [-0.4, -0.2) is 15.1 Å². The zero-order chi connectivity index (χ0) is 20.1. The van der Waals surface area contributed by atoms with E-state index in [1.54, 1.807) is 6.92 Å². The highest BCUT2D eigenvalue weighted by Crippen LogP contribution is 2.27. The predicted molar refractivity (Wildman–Crippen MR) is 111 cm³/mol. The first-order chi connectivity index (χ1) is 14.2. The average molecular weight is 400 g/mol. The molecule has 7 heteroatoms. The van der Waals surface area contributed by atoms with Crippen molar-refractivity contribution in [2.45, 2.75) is 13.5 Å². The molecule has 0 radical (unpaired) electrons. The van der Waals surface area contributed by atoms with Crippen LogP contribution in [0.5, 0.6) is 5.75 Å². The summed E-state index contributed by atoms with van der Waals surface area (Å²) in [6.45, 7) is 1.97. The van der Waals surface area contributed by atoms with E-state index in [-0.39, 0.29) is 6.61 Å². The SMILES string of the molecule is Cc1nc(COc2ccc(/C=C(/C#N)c3nc(-c4ccccc4)cs3)cc2)no1. The Morgan fingerprint density at radius 1 is 1.14 bits per heavy atom. The minimum Gasteiger partial charge on any atom is -0.485 e. The Bertz CT molecular complexity index is 1170. The summed E-state index contributed by atoms with van der Waals surface area (Å²) in [5, 5.41) is 16.0. The molecule has 0 fully saturated rings.